The van der Waals surface area contributed by atoms with E-state index in [9.17, 15) is 8.42 Å². The Balaban J connectivity index is 3.19. The molecule has 5 heteroatoms. The highest BCUT2D eigenvalue weighted by molar-refractivity contribution is 7.80. The van der Waals surface area contributed by atoms with Crippen LogP contribution in [0.15, 0.2) is 0 Å². The van der Waals surface area contributed by atoms with Gasteiger partial charge in [0.2, 0.25) is 0 Å². The molecule has 0 aromatic carbocycles. The summed E-state index contributed by atoms with van der Waals surface area (Å²) in [5.74, 6) is 0.870. The fourth-order valence-corrected chi connectivity index (χ4v) is 3.04. The third-order valence-corrected chi connectivity index (χ3v) is 4.59. The standard InChI is InChI=1S/C17H36O4S/c1-3-4-5-11-14-17(2)15-12-9-7-6-8-10-13-16-21-22(18,19)20/h17H,3-16H2,1-2H3,(H,18,19,20). The van der Waals surface area contributed by atoms with E-state index < -0.39 is 10.4 Å². The molecule has 0 aromatic rings. The first-order valence-corrected chi connectivity index (χ1v) is 10.4. The summed E-state index contributed by atoms with van der Waals surface area (Å²) in [5.41, 5.74) is 0. The Labute approximate surface area is 138 Å². The van der Waals surface area contributed by atoms with Gasteiger partial charge in [-0.2, -0.15) is 8.42 Å². The molecule has 1 N–H and O–H groups in total. The van der Waals surface area contributed by atoms with E-state index in [1.54, 1.807) is 0 Å². The van der Waals surface area contributed by atoms with E-state index in [-0.39, 0.29) is 6.61 Å². The van der Waals surface area contributed by atoms with Crippen molar-refractivity contribution in [3.8, 4) is 0 Å². The average molecular weight is 337 g/mol. The Hall–Kier alpha value is -0.130. The molecule has 1 atom stereocenters. The number of rotatable bonds is 16. The summed E-state index contributed by atoms with van der Waals surface area (Å²) in [6, 6.07) is 0. The number of hydrogen-bond donors (Lipinski definition) is 1. The van der Waals surface area contributed by atoms with Crippen LogP contribution in [0.1, 0.15) is 97.3 Å². The third-order valence-electron chi connectivity index (χ3n) is 4.12. The maximum absolute atomic E-state index is 10.3. The van der Waals surface area contributed by atoms with Crippen LogP contribution < -0.4 is 0 Å². The molecule has 0 saturated carbocycles. The summed E-state index contributed by atoms with van der Waals surface area (Å²) >= 11 is 0. The van der Waals surface area contributed by atoms with Crippen molar-refractivity contribution in [3.05, 3.63) is 0 Å². The first-order valence-electron chi connectivity index (χ1n) is 9.07. The predicted molar refractivity (Wildman–Crippen MR) is 92.4 cm³/mol. The van der Waals surface area contributed by atoms with Gasteiger partial charge in [0.15, 0.2) is 0 Å². The molecule has 0 saturated heterocycles. The highest BCUT2D eigenvalue weighted by Gasteiger charge is 2.03. The van der Waals surface area contributed by atoms with Crippen LogP contribution in [-0.4, -0.2) is 19.6 Å². The molecule has 4 nitrogen and oxygen atoms in total. The van der Waals surface area contributed by atoms with E-state index in [2.05, 4.69) is 18.0 Å². The summed E-state index contributed by atoms with van der Waals surface area (Å²) < 4.78 is 33.3. The summed E-state index contributed by atoms with van der Waals surface area (Å²) in [5, 5.41) is 0. The second-order valence-electron chi connectivity index (χ2n) is 6.47. The molecule has 0 fully saturated rings. The van der Waals surface area contributed by atoms with E-state index in [1.807, 2.05) is 0 Å². The summed E-state index contributed by atoms with van der Waals surface area (Å²) in [7, 11) is -4.25. The Morgan fingerprint density at radius 3 is 1.77 bits per heavy atom. The number of hydrogen-bond acceptors (Lipinski definition) is 3. The predicted octanol–water partition coefficient (Wildman–Crippen LogP) is 5.53. The number of unbranched alkanes of at least 4 members (excludes halogenated alkanes) is 9. The highest BCUT2D eigenvalue weighted by Crippen LogP contribution is 2.18. The Kier molecular flexibility index (Phi) is 14.4. The lowest BCUT2D eigenvalue weighted by Gasteiger charge is -2.10. The van der Waals surface area contributed by atoms with Gasteiger partial charge in [0.05, 0.1) is 6.61 Å². The normalized spacial score (nSPS) is 13.4. The summed E-state index contributed by atoms with van der Waals surface area (Å²) in [6.07, 6.45) is 16.1. The van der Waals surface area contributed by atoms with Crippen LogP contribution in [0.5, 0.6) is 0 Å². The van der Waals surface area contributed by atoms with Gasteiger partial charge in [-0.05, 0) is 12.3 Å². The van der Waals surface area contributed by atoms with Crippen LogP contribution in [0.4, 0.5) is 0 Å². The Bertz CT molecular complexity index is 328. The minimum absolute atomic E-state index is 0.0916. The van der Waals surface area contributed by atoms with Crippen molar-refractivity contribution in [2.45, 2.75) is 97.3 Å². The molecule has 0 rings (SSSR count). The quantitative estimate of drug-likeness (QED) is 0.297. The lowest BCUT2D eigenvalue weighted by atomic mass is 9.96. The molecule has 22 heavy (non-hydrogen) atoms. The second-order valence-corrected chi connectivity index (χ2v) is 7.56. The van der Waals surface area contributed by atoms with Crippen LogP contribution in [0.2, 0.25) is 0 Å². The zero-order chi connectivity index (χ0) is 16.7. The van der Waals surface area contributed by atoms with Gasteiger partial charge < -0.3 is 0 Å². The lowest BCUT2D eigenvalue weighted by Crippen LogP contribution is -2.04. The fourth-order valence-electron chi connectivity index (χ4n) is 2.71. The molecule has 0 bridgehead atoms. The molecule has 1 unspecified atom stereocenters. The van der Waals surface area contributed by atoms with Crippen molar-refractivity contribution >= 4 is 10.4 Å². The van der Waals surface area contributed by atoms with Crippen molar-refractivity contribution in [1.29, 1.82) is 0 Å². The van der Waals surface area contributed by atoms with Crippen molar-refractivity contribution in [1.82, 2.24) is 0 Å². The summed E-state index contributed by atoms with van der Waals surface area (Å²) in [6.45, 7) is 4.72. The van der Waals surface area contributed by atoms with Crippen LogP contribution >= 0.6 is 0 Å². The van der Waals surface area contributed by atoms with Gasteiger partial charge in [-0.1, -0.05) is 90.9 Å². The molecule has 0 aliphatic heterocycles. The molecule has 0 radical (unpaired) electrons. The van der Waals surface area contributed by atoms with E-state index >= 15 is 0 Å². The zero-order valence-corrected chi connectivity index (χ0v) is 15.4. The van der Waals surface area contributed by atoms with Gasteiger partial charge in [0.25, 0.3) is 0 Å². The van der Waals surface area contributed by atoms with Gasteiger partial charge in [0.1, 0.15) is 0 Å². The Morgan fingerprint density at radius 2 is 1.27 bits per heavy atom. The minimum Gasteiger partial charge on any atom is -0.264 e. The van der Waals surface area contributed by atoms with Crippen molar-refractivity contribution in [2.75, 3.05) is 6.61 Å². The molecule has 0 spiro atoms. The fraction of sp³-hybridized carbons (Fsp3) is 1.00. The molecule has 0 amide bonds. The summed E-state index contributed by atoms with van der Waals surface area (Å²) in [4.78, 5) is 0. The molecular weight excluding hydrogens is 300 g/mol. The van der Waals surface area contributed by atoms with E-state index in [4.69, 9.17) is 4.55 Å². The first-order chi connectivity index (χ1) is 10.5. The third kappa shape index (κ3) is 17.9. The van der Waals surface area contributed by atoms with Gasteiger partial charge in [-0.15, -0.1) is 0 Å². The van der Waals surface area contributed by atoms with E-state index in [0.29, 0.717) is 6.42 Å². The van der Waals surface area contributed by atoms with E-state index in [0.717, 1.165) is 18.8 Å². The van der Waals surface area contributed by atoms with Crippen molar-refractivity contribution < 1.29 is 17.2 Å². The average Bonchev–Trinajstić information content (AvgIpc) is 2.44. The van der Waals surface area contributed by atoms with Crippen LogP contribution in [-0.2, 0) is 14.6 Å². The van der Waals surface area contributed by atoms with Crippen molar-refractivity contribution in [3.63, 3.8) is 0 Å². The Morgan fingerprint density at radius 1 is 0.818 bits per heavy atom. The molecule has 134 valence electrons. The molecule has 0 aliphatic carbocycles. The largest absolute Gasteiger partial charge is 0.397 e. The van der Waals surface area contributed by atoms with Crippen LogP contribution in [0.3, 0.4) is 0 Å². The monoisotopic (exact) mass is 336 g/mol. The first kappa shape index (κ1) is 21.9. The lowest BCUT2D eigenvalue weighted by molar-refractivity contribution is 0.261. The van der Waals surface area contributed by atoms with Crippen molar-refractivity contribution in [2.24, 2.45) is 5.92 Å². The van der Waals surface area contributed by atoms with Gasteiger partial charge in [-0.3, -0.25) is 4.55 Å². The van der Waals surface area contributed by atoms with Gasteiger partial charge in [-0.25, -0.2) is 4.18 Å². The van der Waals surface area contributed by atoms with E-state index in [1.165, 1.54) is 64.2 Å². The van der Waals surface area contributed by atoms with Crippen LogP contribution in [0.25, 0.3) is 0 Å². The van der Waals surface area contributed by atoms with Gasteiger partial charge >= 0.3 is 10.4 Å². The molecular formula is C17H36O4S. The highest BCUT2D eigenvalue weighted by atomic mass is 32.3. The molecule has 0 aliphatic rings. The maximum atomic E-state index is 10.3. The zero-order valence-electron chi connectivity index (χ0n) is 14.6. The SMILES string of the molecule is CCCCCCC(C)CCCCCCCCCOS(=O)(=O)O. The molecule has 0 heterocycles. The minimum atomic E-state index is -4.25. The maximum Gasteiger partial charge on any atom is 0.397 e. The smallest absolute Gasteiger partial charge is 0.264 e. The van der Waals surface area contributed by atoms with Crippen LogP contribution in [0, 0.1) is 5.92 Å². The second kappa shape index (κ2) is 14.5. The topological polar surface area (TPSA) is 63.6 Å². The molecule has 0 aromatic heterocycles. The van der Waals surface area contributed by atoms with Gasteiger partial charge in [0, 0.05) is 0 Å².